The van der Waals surface area contributed by atoms with Gasteiger partial charge < -0.3 is 14.2 Å². The van der Waals surface area contributed by atoms with Gasteiger partial charge in [-0.2, -0.15) is 0 Å². The summed E-state index contributed by atoms with van der Waals surface area (Å²) in [6, 6.07) is 0. The van der Waals surface area contributed by atoms with Crippen LogP contribution >= 0.6 is 0 Å². The Labute approximate surface area is 462 Å². The van der Waals surface area contributed by atoms with Gasteiger partial charge in [0.15, 0.2) is 6.10 Å². The zero-order chi connectivity index (χ0) is 54.3. The van der Waals surface area contributed by atoms with E-state index in [0.717, 1.165) is 109 Å². The SMILES string of the molecule is CC/C=C\C/C=C\C/C=C\C/C=C\C/C=C\CCCCCC(=O)O[C@H](COC(=O)CCC/C=C\C/C=C\C/C=C\C/C=C\C/C=C\CC)COC(=O)CCCCCCCCCCCCCCCCCCCCCCC. The summed E-state index contributed by atoms with van der Waals surface area (Å²) in [7, 11) is 0. The van der Waals surface area contributed by atoms with Gasteiger partial charge in [0.1, 0.15) is 13.2 Å². The Morgan fingerprint density at radius 1 is 0.280 bits per heavy atom. The molecule has 0 fully saturated rings. The van der Waals surface area contributed by atoms with E-state index in [1.807, 2.05) is 0 Å². The number of carbonyl (C=O) groups excluding carboxylic acids is 3. The molecule has 0 aliphatic heterocycles. The van der Waals surface area contributed by atoms with E-state index in [9.17, 15) is 14.4 Å². The van der Waals surface area contributed by atoms with Gasteiger partial charge in [-0.15, -0.1) is 0 Å². The second kappa shape index (κ2) is 62.4. The van der Waals surface area contributed by atoms with Crippen LogP contribution in [0, 0.1) is 0 Å². The van der Waals surface area contributed by atoms with E-state index in [0.29, 0.717) is 19.3 Å². The summed E-state index contributed by atoms with van der Waals surface area (Å²) in [6.07, 6.45) is 86.4. The Bertz CT molecular complexity index is 1570. The van der Waals surface area contributed by atoms with Crippen LogP contribution in [0.3, 0.4) is 0 Å². The van der Waals surface area contributed by atoms with Crippen LogP contribution in [0.4, 0.5) is 0 Å². The monoisotopic (exact) mass is 1040 g/mol. The Balaban J connectivity index is 4.49. The van der Waals surface area contributed by atoms with Crippen LogP contribution in [0.1, 0.15) is 278 Å². The molecule has 75 heavy (non-hydrogen) atoms. The zero-order valence-corrected chi connectivity index (χ0v) is 48.8. The van der Waals surface area contributed by atoms with Gasteiger partial charge >= 0.3 is 17.9 Å². The third-order valence-corrected chi connectivity index (χ3v) is 13.0. The van der Waals surface area contributed by atoms with Gasteiger partial charge in [0, 0.05) is 19.3 Å². The van der Waals surface area contributed by atoms with Crippen molar-refractivity contribution in [1.82, 2.24) is 0 Å². The van der Waals surface area contributed by atoms with E-state index < -0.39 is 6.10 Å². The quantitative estimate of drug-likeness (QED) is 0.0261. The van der Waals surface area contributed by atoms with Crippen LogP contribution in [0.5, 0.6) is 0 Å². The minimum absolute atomic E-state index is 0.110. The van der Waals surface area contributed by atoms with E-state index in [4.69, 9.17) is 14.2 Å². The van der Waals surface area contributed by atoms with Crippen LogP contribution in [0.25, 0.3) is 0 Å². The fourth-order valence-corrected chi connectivity index (χ4v) is 8.39. The molecule has 0 amide bonds. The first-order valence-corrected chi connectivity index (χ1v) is 31.0. The molecule has 0 aromatic rings. The molecule has 1 atom stereocenters. The van der Waals surface area contributed by atoms with Gasteiger partial charge in [0.2, 0.25) is 0 Å². The Morgan fingerprint density at radius 2 is 0.533 bits per heavy atom. The Morgan fingerprint density at radius 3 is 0.867 bits per heavy atom. The average Bonchev–Trinajstić information content (AvgIpc) is 3.41. The lowest BCUT2D eigenvalue weighted by atomic mass is 10.0. The van der Waals surface area contributed by atoms with Crippen molar-refractivity contribution in [3.05, 3.63) is 122 Å². The van der Waals surface area contributed by atoms with E-state index >= 15 is 0 Å². The Kier molecular flexibility index (Phi) is 58.9. The summed E-state index contributed by atoms with van der Waals surface area (Å²) in [5, 5.41) is 0. The molecule has 0 rings (SSSR count). The van der Waals surface area contributed by atoms with Crippen molar-refractivity contribution < 1.29 is 28.6 Å². The highest BCUT2D eigenvalue weighted by Crippen LogP contribution is 2.16. The second-order valence-corrected chi connectivity index (χ2v) is 20.2. The maximum atomic E-state index is 12.9. The molecule has 426 valence electrons. The van der Waals surface area contributed by atoms with Crippen LogP contribution in [-0.2, 0) is 28.6 Å². The smallest absolute Gasteiger partial charge is 0.306 e. The number of rotatable bonds is 55. The molecule has 0 N–H and O–H groups in total. The number of hydrogen-bond acceptors (Lipinski definition) is 6. The third-order valence-electron chi connectivity index (χ3n) is 13.0. The molecule has 6 heteroatoms. The van der Waals surface area contributed by atoms with Crippen molar-refractivity contribution in [2.75, 3.05) is 13.2 Å². The zero-order valence-electron chi connectivity index (χ0n) is 48.8. The van der Waals surface area contributed by atoms with Crippen LogP contribution in [0.2, 0.25) is 0 Å². The van der Waals surface area contributed by atoms with Crippen molar-refractivity contribution in [3.63, 3.8) is 0 Å². The van der Waals surface area contributed by atoms with Crippen LogP contribution in [0.15, 0.2) is 122 Å². The first kappa shape index (κ1) is 70.8. The van der Waals surface area contributed by atoms with Gasteiger partial charge in [-0.3, -0.25) is 14.4 Å². The molecule has 0 saturated heterocycles. The van der Waals surface area contributed by atoms with E-state index in [2.05, 4.69) is 142 Å². The van der Waals surface area contributed by atoms with Crippen molar-refractivity contribution >= 4 is 17.9 Å². The van der Waals surface area contributed by atoms with Crippen molar-refractivity contribution in [3.8, 4) is 0 Å². The maximum absolute atomic E-state index is 12.9. The highest BCUT2D eigenvalue weighted by molar-refractivity contribution is 5.71. The highest BCUT2D eigenvalue weighted by atomic mass is 16.6. The minimum Gasteiger partial charge on any atom is -0.462 e. The summed E-state index contributed by atoms with van der Waals surface area (Å²) in [5.74, 6) is -0.999. The molecular weight excluding hydrogens is 925 g/mol. The summed E-state index contributed by atoms with van der Waals surface area (Å²) in [5.41, 5.74) is 0. The third kappa shape index (κ3) is 60.6. The predicted octanol–water partition coefficient (Wildman–Crippen LogP) is 21.2. The number of hydrogen-bond donors (Lipinski definition) is 0. The van der Waals surface area contributed by atoms with Gasteiger partial charge in [0.05, 0.1) is 0 Å². The number of ether oxygens (including phenoxy) is 3. The van der Waals surface area contributed by atoms with Gasteiger partial charge in [0.25, 0.3) is 0 Å². The van der Waals surface area contributed by atoms with Crippen molar-refractivity contribution in [1.29, 1.82) is 0 Å². The second-order valence-electron chi connectivity index (χ2n) is 20.2. The number of unbranched alkanes of at least 4 members (excludes halogenated alkanes) is 24. The maximum Gasteiger partial charge on any atom is 0.306 e. The summed E-state index contributed by atoms with van der Waals surface area (Å²) in [4.78, 5) is 38.3. The molecule has 0 unspecified atom stereocenters. The van der Waals surface area contributed by atoms with Crippen molar-refractivity contribution in [2.45, 2.75) is 284 Å². The molecule has 0 spiro atoms. The number of carbonyl (C=O) groups is 3. The first-order valence-electron chi connectivity index (χ1n) is 31.0. The number of allylic oxidation sites excluding steroid dienone is 20. The summed E-state index contributed by atoms with van der Waals surface area (Å²) >= 11 is 0. The summed E-state index contributed by atoms with van der Waals surface area (Å²) < 4.78 is 16.8. The van der Waals surface area contributed by atoms with Gasteiger partial charge in [-0.05, 0) is 103 Å². The lowest BCUT2D eigenvalue weighted by Crippen LogP contribution is -2.30. The standard InChI is InChI=1S/C69H114O6/c1-4-7-10-13-16-19-22-25-28-31-33-34-36-38-41-44-47-50-53-56-59-62-68(71)74-65-66(64-73-67(70)61-58-55-52-49-46-43-40-37-30-27-24-21-18-15-12-9-6-3)75-69(72)63-60-57-54-51-48-45-42-39-35-32-29-26-23-20-17-14-11-8-5-2/h8-9,11-12,17-18,20-21,26-27,29-30,35,39-40,43,45,48-49,52,66H,4-7,10,13-16,19,22-25,28,31-34,36-38,41-42,44,46-47,50-51,53-65H2,1-3H3/b11-8-,12-9-,20-17-,21-18-,29-26-,30-27-,39-35-,43-40-,48-45-,52-49-/t66-/m1/s1. The molecule has 0 radical (unpaired) electrons. The molecule has 0 aromatic carbocycles. The topological polar surface area (TPSA) is 78.9 Å². The lowest BCUT2D eigenvalue weighted by molar-refractivity contribution is -0.167. The minimum atomic E-state index is -0.822. The molecule has 0 heterocycles. The molecule has 6 nitrogen and oxygen atoms in total. The highest BCUT2D eigenvalue weighted by Gasteiger charge is 2.19. The number of esters is 3. The lowest BCUT2D eigenvalue weighted by Gasteiger charge is -2.18. The van der Waals surface area contributed by atoms with Crippen LogP contribution < -0.4 is 0 Å². The molecule has 0 saturated carbocycles. The molecule has 0 bridgehead atoms. The largest absolute Gasteiger partial charge is 0.462 e. The molecule has 0 aromatic heterocycles. The first-order chi connectivity index (χ1) is 37.0. The van der Waals surface area contributed by atoms with E-state index in [-0.39, 0.29) is 44.0 Å². The predicted molar refractivity (Wildman–Crippen MR) is 325 cm³/mol. The summed E-state index contributed by atoms with van der Waals surface area (Å²) in [6.45, 7) is 6.36. The molecular formula is C69H114O6. The molecule has 0 aliphatic rings. The molecule has 0 aliphatic carbocycles. The normalized spacial score (nSPS) is 12.9. The van der Waals surface area contributed by atoms with Gasteiger partial charge in [-0.1, -0.05) is 277 Å². The Hall–Kier alpha value is -4.19. The van der Waals surface area contributed by atoms with Crippen LogP contribution in [-0.4, -0.2) is 37.2 Å². The fraction of sp³-hybridized carbons (Fsp3) is 0.667. The van der Waals surface area contributed by atoms with E-state index in [1.54, 1.807) is 0 Å². The van der Waals surface area contributed by atoms with E-state index in [1.165, 1.54) is 116 Å². The van der Waals surface area contributed by atoms with Crippen molar-refractivity contribution in [2.24, 2.45) is 0 Å². The fourth-order valence-electron chi connectivity index (χ4n) is 8.39. The van der Waals surface area contributed by atoms with Gasteiger partial charge in [-0.25, -0.2) is 0 Å². The average molecular weight is 1040 g/mol.